The molecule has 0 bridgehead atoms. The Bertz CT molecular complexity index is 1580. The van der Waals surface area contributed by atoms with Gasteiger partial charge in [0.2, 0.25) is 47.3 Å². The minimum atomic E-state index is -0.733. The highest BCUT2D eigenvalue weighted by atomic mass is 79.9. The number of hydroxylamine groups is 2. The number of methoxy groups -OCH3 is 3. The first-order valence-corrected chi connectivity index (χ1v) is 33.2. The molecule has 0 unspecified atom stereocenters. The Morgan fingerprint density at radius 3 is 1.14 bits per heavy atom. The van der Waals surface area contributed by atoms with Gasteiger partial charge in [-0.05, 0) is 50.0 Å². The van der Waals surface area contributed by atoms with Gasteiger partial charge in [-0.2, -0.15) is 24.4 Å². The van der Waals surface area contributed by atoms with Crippen LogP contribution in [0.1, 0.15) is 178 Å². The van der Waals surface area contributed by atoms with E-state index in [4.69, 9.17) is 14.2 Å². The van der Waals surface area contributed by atoms with Crippen molar-refractivity contribution < 1.29 is 71.8 Å². The lowest BCUT2D eigenvalue weighted by molar-refractivity contribution is -0.197. The maximum Gasteiger partial charge on any atom is 0.334 e. The first-order valence-electron chi connectivity index (χ1n) is 29.1. The molecule has 24 nitrogen and oxygen atoms in total. The van der Waals surface area contributed by atoms with Crippen LogP contribution in [-0.4, -0.2) is 193 Å². The van der Waals surface area contributed by atoms with Crippen molar-refractivity contribution in [2.24, 2.45) is 0 Å². The van der Waals surface area contributed by atoms with E-state index in [-0.39, 0.29) is 97.6 Å². The molecule has 28 heteroatoms. The molecule has 0 aromatic carbocycles. The third-order valence-corrected chi connectivity index (χ3v) is 12.2. The largest absolute Gasteiger partial charge is 0.385 e. The average molecular weight is 1390 g/mol. The molecule has 8 N–H and O–H groups in total. The minimum absolute atomic E-state index is 0. The van der Waals surface area contributed by atoms with Gasteiger partial charge < -0.3 is 61.6 Å². The molecule has 0 aliphatic carbocycles. The van der Waals surface area contributed by atoms with Gasteiger partial charge in [-0.1, -0.05) is 120 Å². The fraction of sp³-hybridized carbons (Fsp3) is 0.807. The Balaban J connectivity index is -0.000000142. The molecule has 1 aliphatic rings. The Hall–Kier alpha value is -4.09. The van der Waals surface area contributed by atoms with Crippen LogP contribution >= 0.6 is 56.3 Å². The molecular formula is C57H115Br2N9O15S2. The molecule has 0 aromatic heterocycles. The lowest BCUT2D eigenvalue weighted by Crippen LogP contribution is -2.34. The van der Waals surface area contributed by atoms with E-state index in [1.54, 1.807) is 35.4 Å². The zero-order chi connectivity index (χ0) is 65.5. The van der Waals surface area contributed by atoms with Crippen LogP contribution in [0.2, 0.25) is 0 Å². The molecule has 0 aromatic rings. The van der Waals surface area contributed by atoms with Crippen LogP contribution < -0.4 is 42.5 Å². The van der Waals surface area contributed by atoms with E-state index in [1.165, 1.54) is 37.4 Å². The number of halogens is 2. The maximum atomic E-state index is 11.5. The quantitative estimate of drug-likeness (QED) is 0.0138. The van der Waals surface area contributed by atoms with Gasteiger partial charge in [-0.3, -0.25) is 47.9 Å². The molecule has 0 saturated carbocycles. The van der Waals surface area contributed by atoms with Crippen LogP contribution in [0, 0.1) is 0 Å². The van der Waals surface area contributed by atoms with Gasteiger partial charge in [0.05, 0.1) is 22.8 Å². The number of thiol groups is 1. The Morgan fingerprint density at radius 1 is 0.471 bits per heavy atom. The fourth-order valence-corrected chi connectivity index (χ4v) is 6.15. The number of hydrogen-bond donors (Lipinski definition) is 9. The van der Waals surface area contributed by atoms with Gasteiger partial charge in [0, 0.05) is 139 Å². The number of ether oxygens (including phenoxy) is 3. The molecule has 1 saturated heterocycles. The van der Waals surface area contributed by atoms with E-state index < -0.39 is 17.8 Å². The van der Waals surface area contributed by atoms with Crippen LogP contribution in [0.4, 0.5) is 0 Å². The summed E-state index contributed by atoms with van der Waals surface area (Å²) in [7, 11) is 8.08. The normalized spacial score (nSPS) is 10.3. The van der Waals surface area contributed by atoms with Crippen molar-refractivity contribution in [3.63, 3.8) is 0 Å². The van der Waals surface area contributed by atoms with Crippen LogP contribution in [0.25, 0.3) is 0 Å². The highest BCUT2D eigenvalue weighted by molar-refractivity contribution is 9.09. The van der Waals surface area contributed by atoms with Gasteiger partial charge in [-0.15, -0.1) is 5.06 Å². The summed E-state index contributed by atoms with van der Waals surface area (Å²) in [5, 5.41) is 22.0. The summed E-state index contributed by atoms with van der Waals surface area (Å²) in [6, 6.07) is 0. The summed E-state index contributed by atoms with van der Waals surface area (Å²) in [6.07, 6.45) is 13.9. The van der Waals surface area contributed by atoms with E-state index in [9.17, 15) is 52.7 Å². The molecule has 0 radical (unpaired) electrons. The highest BCUT2D eigenvalue weighted by Gasteiger charge is 2.32. The van der Waals surface area contributed by atoms with Crippen molar-refractivity contribution >= 4 is 121 Å². The number of thioether (sulfide) groups is 1. The van der Waals surface area contributed by atoms with E-state index in [0.29, 0.717) is 82.5 Å². The summed E-state index contributed by atoms with van der Waals surface area (Å²) in [5.41, 5.74) is 0. The van der Waals surface area contributed by atoms with Crippen LogP contribution in [0.5, 0.6) is 0 Å². The standard InChI is InChI=1S/C14H27N3O4S.C9H11BrN2O5.C9H19NO2.C8H17NO2S.C6H11BrN2O2.2C4H10.C2H6.CH4/c1-15-12(18)6-8-17-14(20)11-22-10-3-5-13(19)16-7-4-9-21-2;10-5-6(13)11-4-3-9(16)17-12-7(14)1-2-8(12)15;1-3-4-6-9(11)10-7-5-8-12-2;1-11-6-3-5-9-8(10)4-2-7-12;1-8-5(10)2-3-9-6(11)4-7;2*1-3-4-2;1-2;/h3-11H2,1-2H3,(H,15,18)(H,16,19)(H,17,20);1-5H2,(H,11,13);3-8H2,1-2H3,(H,10,11);12H,2-7H2,1H3,(H,9,10);2-4H2,1H3,(H,8,10)(H,9,11);2*3-4H2,1-2H3;1-2H3;1H4. The molecule has 10 amide bonds. The van der Waals surface area contributed by atoms with Crippen LogP contribution in [0.15, 0.2) is 0 Å². The van der Waals surface area contributed by atoms with Crippen molar-refractivity contribution in [2.45, 2.75) is 178 Å². The molecule has 1 aliphatic heterocycles. The third kappa shape index (κ3) is 86.4. The number of nitrogens with zero attached hydrogens (tertiary/aromatic N) is 1. The maximum absolute atomic E-state index is 11.5. The summed E-state index contributed by atoms with van der Waals surface area (Å²) in [4.78, 5) is 126. The monoisotopic (exact) mass is 1390 g/mol. The van der Waals surface area contributed by atoms with Crippen LogP contribution in [0.3, 0.4) is 0 Å². The zero-order valence-electron chi connectivity index (χ0n) is 53.0. The molecule has 85 heavy (non-hydrogen) atoms. The Morgan fingerprint density at radius 2 is 0.812 bits per heavy atom. The summed E-state index contributed by atoms with van der Waals surface area (Å²) < 4.78 is 14.6. The van der Waals surface area contributed by atoms with Gasteiger partial charge in [0.15, 0.2) is 0 Å². The molecule has 1 fully saturated rings. The minimum Gasteiger partial charge on any atom is -0.385 e. The number of rotatable bonds is 38. The summed E-state index contributed by atoms with van der Waals surface area (Å²) in [6.45, 7) is 19.8. The first-order chi connectivity index (χ1) is 40.3. The fourth-order valence-electron chi connectivity index (χ4n) is 4.81. The molecule has 1 heterocycles. The number of hydrogen-bond acceptors (Lipinski definition) is 17. The second-order valence-electron chi connectivity index (χ2n) is 17.1. The number of amides is 10. The Labute approximate surface area is 538 Å². The van der Waals surface area contributed by atoms with Gasteiger partial charge in [0.1, 0.15) is 0 Å². The van der Waals surface area contributed by atoms with E-state index >= 15 is 0 Å². The molecular weight excluding hydrogens is 1270 g/mol. The number of carbonyl (C=O) groups excluding carboxylic acids is 11. The molecule has 1 rings (SSSR count). The second kappa shape index (κ2) is 82.0. The number of unbranched alkanes of at least 4 members (excludes halogenated alkanes) is 3. The van der Waals surface area contributed by atoms with Gasteiger partial charge in [0.25, 0.3) is 11.8 Å². The van der Waals surface area contributed by atoms with Crippen molar-refractivity contribution in [1.82, 2.24) is 47.6 Å². The molecule has 0 spiro atoms. The van der Waals surface area contributed by atoms with Crippen LogP contribution in [-0.2, 0) is 71.8 Å². The topological polar surface area (TPSA) is 324 Å². The SMILES string of the molecule is C.CC.CCCC.CCCC.CCCCC(=O)NCCCOC.CNC(=O)CCNC(=O)CBr.CNC(=O)CCNC(=O)CSCCCC(=O)NCCCOC.COCCCNC(=O)CCCS.O=C(CBr)NCCC(=O)ON1C(=O)CCC1=O. The number of imide groups is 1. The van der Waals surface area contributed by atoms with Gasteiger partial charge in [-0.25, -0.2) is 4.79 Å². The summed E-state index contributed by atoms with van der Waals surface area (Å²) in [5.74, 6) is -0.199. The average Bonchev–Trinajstić information content (AvgIpc) is 4.08. The van der Waals surface area contributed by atoms with Gasteiger partial charge >= 0.3 is 5.97 Å². The first kappa shape index (κ1) is 97.2. The van der Waals surface area contributed by atoms with E-state index in [1.807, 2.05) is 13.8 Å². The smallest absolute Gasteiger partial charge is 0.334 e. The third-order valence-electron chi connectivity index (χ3n) is 9.79. The lowest BCUT2D eigenvalue weighted by Gasteiger charge is -2.12. The molecule has 0 atom stereocenters. The second-order valence-corrected chi connectivity index (χ2v) is 19.8. The van der Waals surface area contributed by atoms with Crippen molar-refractivity contribution in [2.75, 3.05) is 122 Å². The number of alkyl halides is 2. The number of nitrogens with one attached hydrogen (secondary N) is 8. The predicted octanol–water partition coefficient (Wildman–Crippen LogP) is 6.49. The zero-order valence-corrected chi connectivity index (χ0v) is 57.9. The van der Waals surface area contributed by atoms with Crippen molar-refractivity contribution in [3.05, 3.63) is 0 Å². The summed E-state index contributed by atoms with van der Waals surface area (Å²) >= 11 is 11.4. The lowest BCUT2D eigenvalue weighted by atomic mass is 10.2. The Kier molecular flexibility index (Phi) is 93.7. The van der Waals surface area contributed by atoms with Crippen molar-refractivity contribution in [3.8, 4) is 0 Å². The van der Waals surface area contributed by atoms with E-state index in [2.05, 4.69) is 126 Å². The molecule has 504 valence electrons. The highest BCUT2D eigenvalue weighted by Crippen LogP contribution is 2.12. The van der Waals surface area contributed by atoms with E-state index in [0.717, 1.165) is 63.0 Å². The number of carbonyl (C=O) groups is 11. The predicted molar refractivity (Wildman–Crippen MR) is 353 cm³/mol. The van der Waals surface area contributed by atoms with Crippen molar-refractivity contribution in [1.29, 1.82) is 0 Å².